The molecule has 92 valence electrons. The second-order valence-corrected chi connectivity index (χ2v) is 6.65. The number of nitrogens with two attached hydrogens (primary N) is 1. The molecule has 0 fully saturated rings. The van der Waals surface area contributed by atoms with Crippen molar-refractivity contribution in [2.45, 2.75) is 24.3 Å². The Labute approximate surface area is 112 Å². The van der Waals surface area contributed by atoms with E-state index in [0.29, 0.717) is 5.75 Å². The van der Waals surface area contributed by atoms with Crippen LogP contribution in [0.25, 0.3) is 0 Å². The van der Waals surface area contributed by atoms with Crippen molar-refractivity contribution in [1.29, 1.82) is 0 Å². The first-order chi connectivity index (χ1) is 7.54. The fraction of sp³-hybridized carbons (Fsp3) is 0.600. The number of aliphatic hydroxyl groups excluding tert-OH is 2. The van der Waals surface area contributed by atoms with Crippen molar-refractivity contribution in [3.05, 3.63) is 20.8 Å². The SMILES string of the molecule is CC(N)C(SCC(O)CO)c1cc(Br)cs1. The van der Waals surface area contributed by atoms with Crippen LogP contribution in [0, 0.1) is 0 Å². The molecule has 0 aliphatic carbocycles. The third-order valence-electron chi connectivity index (χ3n) is 2.02. The molecule has 0 bridgehead atoms. The molecule has 6 heteroatoms. The van der Waals surface area contributed by atoms with E-state index < -0.39 is 6.10 Å². The van der Waals surface area contributed by atoms with Crippen molar-refractivity contribution in [2.24, 2.45) is 5.73 Å². The summed E-state index contributed by atoms with van der Waals surface area (Å²) in [6.45, 7) is 1.75. The number of thiophene rings is 1. The van der Waals surface area contributed by atoms with E-state index in [1.165, 1.54) is 4.88 Å². The zero-order chi connectivity index (χ0) is 12.1. The smallest absolute Gasteiger partial charge is 0.0861 e. The number of aliphatic hydroxyl groups is 2. The molecule has 0 aliphatic heterocycles. The summed E-state index contributed by atoms with van der Waals surface area (Å²) in [6.07, 6.45) is -0.672. The van der Waals surface area contributed by atoms with E-state index in [1.54, 1.807) is 23.1 Å². The van der Waals surface area contributed by atoms with Gasteiger partial charge < -0.3 is 15.9 Å². The van der Waals surface area contributed by atoms with Crippen LogP contribution in [-0.4, -0.2) is 34.7 Å². The van der Waals surface area contributed by atoms with Gasteiger partial charge in [0.15, 0.2) is 0 Å². The van der Waals surface area contributed by atoms with Gasteiger partial charge in [-0.15, -0.1) is 23.1 Å². The van der Waals surface area contributed by atoms with E-state index >= 15 is 0 Å². The van der Waals surface area contributed by atoms with Crippen molar-refractivity contribution in [1.82, 2.24) is 0 Å². The number of thioether (sulfide) groups is 1. The van der Waals surface area contributed by atoms with E-state index in [-0.39, 0.29) is 17.9 Å². The number of hydrogen-bond acceptors (Lipinski definition) is 5. The highest BCUT2D eigenvalue weighted by atomic mass is 79.9. The highest BCUT2D eigenvalue weighted by Crippen LogP contribution is 2.36. The molecule has 0 amide bonds. The van der Waals surface area contributed by atoms with Gasteiger partial charge in [-0.2, -0.15) is 0 Å². The lowest BCUT2D eigenvalue weighted by Crippen LogP contribution is -2.24. The first-order valence-electron chi connectivity index (χ1n) is 4.94. The van der Waals surface area contributed by atoms with Crippen LogP contribution in [0.4, 0.5) is 0 Å². The summed E-state index contributed by atoms with van der Waals surface area (Å²) in [7, 11) is 0. The molecule has 0 radical (unpaired) electrons. The highest BCUT2D eigenvalue weighted by molar-refractivity contribution is 9.10. The molecule has 0 saturated heterocycles. The quantitative estimate of drug-likeness (QED) is 0.748. The standard InChI is InChI=1S/C10H16BrNO2S2/c1-6(12)10(16-5-8(14)3-13)9-2-7(11)4-15-9/h2,4,6,8,10,13-14H,3,5,12H2,1H3. The average Bonchev–Trinajstić information content (AvgIpc) is 2.64. The maximum absolute atomic E-state index is 9.32. The topological polar surface area (TPSA) is 66.5 Å². The molecule has 1 rings (SSSR count). The van der Waals surface area contributed by atoms with Crippen molar-refractivity contribution in [3.8, 4) is 0 Å². The van der Waals surface area contributed by atoms with Gasteiger partial charge >= 0.3 is 0 Å². The largest absolute Gasteiger partial charge is 0.394 e. The van der Waals surface area contributed by atoms with Gasteiger partial charge in [-0.05, 0) is 28.9 Å². The lowest BCUT2D eigenvalue weighted by atomic mass is 10.2. The maximum atomic E-state index is 9.32. The van der Waals surface area contributed by atoms with Gasteiger partial charge in [-0.25, -0.2) is 0 Å². The molecule has 4 N–H and O–H groups in total. The molecule has 1 heterocycles. The Balaban J connectivity index is 2.61. The second kappa shape index (κ2) is 6.98. The summed E-state index contributed by atoms with van der Waals surface area (Å²) < 4.78 is 1.06. The van der Waals surface area contributed by atoms with E-state index in [0.717, 1.165) is 4.47 Å². The normalized spacial score (nSPS) is 17.1. The molecule has 16 heavy (non-hydrogen) atoms. The summed E-state index contributed by atoms with van der Waals surface area (Å²) in [6, 6.07) is 2.07. The Kier molecular flexibility index (Phi) is 6.31. The second-order valence-electron chi connectivity index (χ2n) is 3.62. The molecule has 1 aromatic rings. The predicted molar refractivity (Wildman–Crippen MR) is 74.0 cm³/mol. The summed E-state index contributed by atoms with van der Waals surface area (Å²) in [5.74, 6) is 0.498. The van der Waals surface area contributed by atoms with Crippen LogP contribution < -0.4 is 5.73 Å². The number of hydrogen-bond donors (Lipinski definition) is 3. The lowest BCUT2D eigenvalue weighted by Gasteiger charge is -2.20. The minimum Gasteiger partial charge on any atom is -0.394 e. The Hall–Kier alpha value is 0.410. The van der Waals surface area contributed by atoms with Gasteiger partial charge in [0, 0.05) is 26.5 Å². The number of halogens is 1. The molecule has 1 aromatic heterocycles. The third kappa shape index (κ3) is 4.35. The van der Waals surface area contributed by atoms with Crippen LogP contribution in [0.5, 0.6) is 0 Å². The van der Waals surface area contributed by atoms with Crippen LogP contribution in [0.15, 0.2) is 15.9 Å². The Bertz CT molecular complexity index is 320. The van der Waals surface area contributed by atoms with Gasteiger partial charge in [-0.1, -0.05) is 0 Å². The molecular weight excluding hydrogens is 310 g/mol. The van der Waals surface area contributed by atoms with Gasteiger partial charge in [0.25, 0.3) is 0 Å². The minimum absolute atomic E-state index is 0.0152. The maximum Gasteiger partial charge on any atom is 0.0861 e. The van der Waals surface area contributed by atoms with E-state index in [4.69, 9.17) is 10.8 Å². The van der Waals surface area contributed by atoms with Crippen LogP contribution in [0.2, 0.25) is 0 Å². The van der Waals surface area contributed by atoms with Crippen LogP contribution in [0.3, 0.4) is 0 Å². The molecule has 0 aromatic carbocycles. The lowest BCUT2D eigenvalue weighted by molar-refractivity contribution is 0.113. The van der Waals surface area contributed by atoms with Gasteiger partial charge in [0.2, 0.25) is 0 Å². The van der Waals surface area contributed by atoms with Gasteiger partial charge in [0.05, 0.1) is 18.0 Å². The summed E-state index contributed by atoms with van der Waals surface area (Å²) in [4.78, 5) is 1.19. The Morgan fingerprint density at radius 3 is 2.75 bits per heavy atom. The fourth-order valence-electron chi connectivity index (χ4n) is 1.24. The first kappa shape index (κ1) is 14.5. The predicted octanol–water partition coefficient (Wildman–Crippen LogP) is 1.99. The van der Waals surface area contributed by atoms with E-state index in [1.807, 2.05) is 12.3 Å². The zero-order valence-corrected chi connectivity index (χ0v) is 12.2. The average molecular weight is 326 g/mol. The molecule has 0 saturated carbocycles. The monoisotopic (exact) mass is 325 g/mol. The first-order valence-corrected chi connectivity index (χ1v) is 7.66. The van der Waals surface area contributed by atoms with Crippen molar-refractivity contribution in [3.63, 3.8) is 0 Å². The van der Waals surface area contributed by atoms with Gasteiger partial charge in [-0.3, -0.25) is 0 Å². The molecule has 0 spiro atoms. The van der Waals surface area contributed by atoms with E-state index in [2.05, 4.69) is 22.0 Å². The van der Waals surface area contributed by atoms with E-state index in [9.17, 15) is 5.11 Å². The Morgan fingerprint density at radius 2 is 2.31 bits per heavy atom. The summed E-state index contributed by atoms with van der Waals surface area (Å²) in [5.41, 5.74) is 5.93. The van der Waals surface area contributed by atoms with Crippen LogP contribution >= 0.6 is 39.0 Å². The van der Waals surface area contributed by atoms with Gasteiger partial charge in [0.1, 0.15) is 0 Å². The fourth-order valence-corrected chi connectivity index (χ4v) is 4.22. The highest BCUT2D eigenvalue weighted by Gasteiger charge is 2.19. The molecule has 0 aliphatic rings. The molecule has 3 nitrogen and oxygen atoms in total. The van der Waals surface area contributed by atoms with Crippen molar-refractivity contribution >= 4 is 39.0 Å². The summed E-state index contributed by atoms with van der Waals surface area (Å²) >= 11 is 6.65. The summed E-state index contributed by atoms with van der Waals surface area (Å²) in [5, 5.41) is 20.3. The number of rotatable bonds is 6. The molecule has 3 atom stereocenters. The van der Waals surface area contributed by atoms with Crippen LogP contribution in [-0.2, 0) is 0 Å². The Morgan fingerprint density at radius 1 is 1.62 bits per heavy atom. The minimum atomic E-state index is -0.672. The molecular formula is C10H16BrNO2S2. The van der Waals surface area contributed by atoms with Crippen molar-refractivity contribution in [2.75, 3.05) is 12.4 Å². The third-order valence-corrected chi connectivity index (χ3v) is 5.57. The van der Waals surface area contributed by atoms with Crippen LogP contribution in [0.1, 0.15) is 17.1 Å². The van der Waals surface area contributed by atoms with Crippen molar-refractivity contribution < 1.29 is 10.2 Å². The zero-order valence-electron chi connectivity index (χ0n) is 8.97. The molecule has 3 unspecified atom stereocenters.